The number of likely N-dealkylation sites (N-methyl/N-ethyl adjacent to an activating group) is 5. The van der Waals surface area contributed by atoms with Crippen molar-refractivity contribution in [3.8, 4) is 11.5 Å². The first-order valence-corrected chi connectivity index (χ1v) is 42.8. The van der Waals surface area contributed by atoms with Crippen LogP contribution < -0.4 is 53.6 Å². The van der Waals surface area contributed by atoms with Crippen molar-refractivity contribution in [2.75, 3.05) is 54.9 Å². The third-order valence-corrected chi connectivity index (χ3v) is 22.2. The van der Waals surface area contributed by atoms with Gasteiger partial charge in [0.25, 0.3) is 0 Å². The molecule has 1 aliphatic rings. The second-order valence-corrected chi connectivity index (χ2v) is 33.1. The summed E-state index contributed by atoms with van der Waals surface area (Å²) in [7, 11) is 6.51. The number of carbonyl (C=O) groups excluding carboxylic acids is 15. The largest absolute Gasteiger partial charge is 0.508 e. The molecular formula is C94H118N16O19. The van der Waals surface area contributed by atoms with Crippen molar-refractivity contribution < 1.29 is 92.0 Å². The number of hydrogen-bond acceptors (Lipinski definition) is 18. The maximum Gasteiger partial charge on any atom is 0.305 e. The minimum absolute atomic E-state index is 0.0246. The number of nitrogens with zero attached hydrogens (tertiary/aromatic N) is 5. The number of para-hydroxylation sites is 1. The number of aromatic nitrogens is 1. The molecule has 0 saturated heterocycles. The zero-order valence-corrected chi connectivity index (χ0v) is 74.1. The first-order valence-electron chi connectivity index (χ1n) is 42.8. The molecule has 0 saturated carbocycles. The van der Waals surface area contributed by atoms with Crippen LogP contribution in [0.4, 0.5) is 0 Å². The molecule has 0 unspecified atom stereocenters. The Morgan fingerprint density at radius 2 is 0.907 bits per heavy atom. The van der Waals surface area contributed by atoms with E-state index in [1.165, 1.54) is 89.8 Å². The van der Waals surface area contributed by atoms with Crippen LogP contribution in [0.25, 0.3) is 10.9 Å². The molecule has 8 rings (SSSR count). The van der Waals surface area contributed by atoms with Crippen LogP contribution in [0.3, 0.4) is 0 Å². The normalized spacial score (nSPS) is 21.8. The summed E-state index contributed by atoms with van der Waals surface area (Å²) in [6, 6.07) is 27.0. The molecule has 0 bridgehead atoms. The number of nitrogens with two attached hydrogens (primary N) is 1. The number of primary amides is 1. The molecule has 688 valence electrons. The molecule has 1 aliphatic heterocycles. The number of phenols is 2. The Hall–Kier alpha value is -14.3. The summed E-state index contributed by atoms with van der Waals surface area (Å²) in [6.45, 7) is 6.13. The molecule has 0 aliphatic carbocycles. The van der Waals surface area contributed by atoms with Crippen LogP contribution >= 0.6 is 0 Å². The average molecular weight is 1780 g/mol. The summed E-state index contributed by atoms with van der Waals surface area (Å²) >= 11 is 0. The molecular weight excluding hydrogens is 1660 g/mol. The number of carbonyl (C=O) groups is 16. The van der Waals surface area contributed by atoms with Crippen molar-refractivity contribution in [3.63, 3.8) is 0 Å². The topological polar surface area (TPSA) is 500 Å². The van der Waals surface area contributed by atoms with Gasteiger partial charge in [0.2, 0.25) is 88.6 Å². The summed E-state index contributed by atoms with van der Waals surface area (Å²) in [5, 5.41) is 55.4. The molecule has 15 N–H and O–H groups in total. The van der Waals surface area contributed by atoms with E-state index in [9.17, 15) is 58.5 Å². The highest BCUT2D eigenvalue weighted by molar-refractivity contribution is 6.01. The lowest BCUT2D eigenvalue weighted by molar-refractivity contribution is -0.151. The second-order valence-electron chi connectivity index (χ2n) is 33.1. The van der Waals surface area contributed by atoms with Gasteiger partial charge in [0.15, 0.2) is 0 Å². The fourth-order valence-corrected chi connectivity index (χ4v) is 15.0. The number of benzene rings is 6. The van der Waals surface area contributed by atoms with E-state index in [0.717, 1.165) is 30.6 Å². The van der Waals surface area contributed by atoms with Crippen LogP contribution in [0, 0.1) is 11.8 Å². The van der Waals surface area contributed by atoms with Gasteiger partial charge in [-0.1, -0.05) is 187 Å². The smallest absolute Gasteiger partial charge is 0.305 e. The van der Waals surface area contributed by atoms with Gasteiger partial charge >= 0.3 is 5.97 Å². The minimum atomic E-state index is -1.91. The molecule has 0 radical (unpaired) electrons. The summed E-state index contributed by atoms with van der Waals surface area (Å²) in [5.74, 6) is -16.9. The number of aromatic amines is 1. The van der Waals surface area contributed by atoms with Gasteiger partial charge in [-0.05, 0) is 101 Å². The SMILES string of the molecule is CCCC[C@H]1C(=O)N(C)CC(=O)N[C@@H](CC(=O)O)C(=O)N[C@@H](C(C)C)C(=O)N(C)[C@@H](Cc2ccccc2)C(=O)N[C@@H](Cc2ccc(O)cc2)C(=O)N(C)CC(=O)N[C@@H](Cc2c[nH]c3ccccc23)C(=O)N[C@@H](Cc2ccc(O)cc2)C(=O)N[C@@H](CC(C)C)C(=O)N[C@H](C(=O)NCC(N)=O)CC=CC(=O)N[C@@H](Cc2ccccc2)C(=O)N(C)[C@@H](Cc2ccccc2)C(=O)N1C. The molecule has 0 spiro atoms. The predicted octanol–water partition coefficient (Wildman–Crippen LogP) is 2.54. The lowest BCUT2D eigenvalue weighted by Crippen LogP contribution is -2.61. The van der Waals surface area contributed by atoms with Crippen molar-refractivity contribution in [2.45, 2.75) is 178 Å². The highest BCUT2D eigenvalue weighted by Gasteiger charge is 2.42. The van der Waals surface area contributed by atoms with Crippen molar-refractivity contribution in [3.05, 3.63) is 216 Å². The van der Waals surface area contributed by atoms with E-state index in [2.05, 4.69) is 52.8 Å². The third kappa shape index (κ3) is 30.2. The van der Waals surface area contributed by atoms with Gasteiger partial charge in [-0.15, -0.1) is 0 Å². The summed E-state index contributed by atoms with van der Waals surface area (Å²) < 4.78 is 0. The van der Waals surface area contributed by atoms with Crippen LogP contribution in [0.2, 0.25) is 0 Å². The Balaban J connectivity index is 1.22. The Morgan fingerprint density at radius 1 is 0.457 bits per heavy atom. The Kier molecular flexibility index (Phi) is 37.6. The quantitative estimate of drug-likeness (QED) is 0.0437. The van der Waals surface area contributed by atoms with Gasteiger partial charge in [-0.2, -0.15) is 0 Å². The molecule has 15 amide bonds. The lowest BCUT2D eigenvalue weighted by atomic mass is 9.98. The Labute approximate surface area is 748 Å². The fourth-order valence-electron chi connectivity index (χ4n) is 15.0. The molecule has 6 aromatic carbocycles. The predicted molar refractivity (Wildman–Crippen MR) is 478 cm³/mol. The zero-order chi connectivity index (χ0) is 94.3. The molecule has 129 heavy (non-hydrogen) atoms. The van der Waals surface area contributed by atoms with E-state index in [1.54, 1.807) is 149 Å². The van der Waals surface area contributed by atoms with Crippen LogP contribution in [-0.4, -0.2) is 261 Å². The average Bonchev–Trinajstić information content (AvgIpc) is 1.50. The molecule has 2 heterocycles. The number of aliphatic carboxylic acids is 1. The number of hydrogen-bond donors (Lipinski definition) is 14. The van der Waals surface area contributed by atoms with Crippen LogP contribution in [-0.2, 0) is 115 Å². The summed E-state index contributed by atoms with van der Waals surface area (Å²) in [6.07, 6.45) is 1.73. The first-order chi connectivity index (χ1) is 61.4. The number of fused-ring (bicyclic) bond motifs is 1. The van der Waals surface area contributed by atoms with Crippen molar-refractivity contribution in [1.82, 2.24) is 77.3 Å². The molecule has 0 fully saturated rings. The van der Waals surface area contributed by atoms with E-state index in [1.807, 2.05) is 6.92 Å². The van der Waals surface area contributed by atoms with Crippen LogP contribution in [0.5, 0.6) is 11.5 Å². The number of aromatic hydroxyl groups is 2. The van der Waals surface area contributed by atoms with E-state index >= 15 is 33.6 Å². The number of amides is 15. The van der Waals surface area contributed by atoms with Crippen molar-refractivity contribution in [2.24, 2.45) is 17.6 Å². The van der Waals surface area contributed by atoms with Crippen LogP contribution in [0.15, 0.2) is 182 Å². The number of carboxylic acid groups (broad SMARTS) is 1. The van der Waals surface area contributed by atoms with Gasteiger partial charge in [0.05, 0.1) is 26.1 Å². The van der Waals surface area contributed by atoms with Gasteiger partial charge in [0, 0.05) is 90.9 Å². The van der Waals surface area contributed by atoms with E-state index in [0.29, 0.717) is 57.1 Å². The summed E-state index contributed by atoms with van der Waals surface area (Å²) in [5.41, 5.74) is 9.07. The van der Waals surface area contributed by atoms with Gasteiger partial charge < -0.3 is 98.4 Å². The van der Waals surface area contributed by atoms with E-state index in [-0.39, 0.29) is 68.8 Å². The molecule has 35 nitrogen and oxygen atoms in total. The second kappa shape index (κ2) is 48.4. The third-order valence-electron chi connectivity index (χ3n) is 22.2. The van der Waals surface area contributed by atoms with Crippen molar-refractivity contribution >= 4 is 105 Å². The number of rotatable bonds is 23. The van der Waals surface area contributed by atoms with Gasteiger partial charge in [-0.25, -0.2) is 0 Å². The number of unbranched alkanes of at least 4 members (excludes halogenated alkanes) is 1. The monoisotopic (exact) mass is 1770 g/mol. The zero-order valence-electron chi connectivity index (χ0n) is 74.1. The first kappa shape index (κ1) is 100. The van der Waals surface area contributed by atoms with E-state index < -0.39 is 199 Å². The van der Waals surface area contributed by atoms with Gasteiger partial charge in [0.1, 0.15) is 78.0 Å². The molecule has 1 aromatic heterocycles. The number of phenolic OH excluding ortho intramolecular Hbond substituents is 2. The number of carboxylic acids is 1. The highest BCUT2D eigenvalue weighted by Crippen LogP contribution is 2.24. The maximum atomic E-state index is 15.5. The Bertz CT molecular complexity index is 5110. The highest BCUT2D eigenvalue weighted by atomic mass is 16.4. The van der Waals surface area contributed by atoms with E-state index in [4.69, 9.17) is 5.73 Å². The van der Waals surface area contributed by atoms with Crippen molar-refractivity contribution in [1.29, 1.82) is 0 Å². The molecule has 7 aromatic rings. The number of nitrogens with one attached hydrogen (secondary N) is 10. The fraction of sp³-hybridized carbons (Fsp3) is 0.404. The Morgan fingerprint density at radius 3 is 1.44 bits per heavy atom. The molecule has 35 heteroatoms. The minimum Gasteiger partial charge on any atom is -0.508 e. The standard InChI is InChI=1S/C94H118N16O19/c1-11-12-34-75-92(127)107(7)55-81(116)99-72(51-82(117)118)88(123)105-83(57(4)5)94(129)109(9)76(48-59-27-18-14-19-28-59)89(124)104-73(47-62-38-42-65(112)43-39-62)90(125)106(6)54-80(115)98-71(50-63-52-96-67-32-23-22-31-66(63)67)87(122)103-70(45-61-36-40-64(111)41-37-61)86(121)102-69(44-56(2)3)85(120)101-68(84(119)97-53-78(95)113)33-24-35-79(114)100-74(46-58-25-16-13-17-26-58)91(126)110(10)77(93(128)108(75)8)49-60-29-20-15-21-30-60/h13-32,35-43,52,56-57,68-77,83,96,111-112H,11-12,33-34,44-51,53-55H2,1-10H3,(H2,95,113)(H,97,119)(H,98,115)(H,99,116)(H,100,114)(H,101,120)(H,102,121)(H,103,122)(H,104,124)(H,105,123)(H,117,118)/t68-,69-,70-,71-,72-,73-,74-,75-,76-,77-,83-/m0/s1. The van der Waals surface area contributed by atoms with Gasteiger partial charge in [-0.3, -0.25) is 76.7 Å². The van der Waals surface area contributed by atoms with Crippen LogP contribution in [0.1, 0.15) is 107 Å². The maximum absolute atomic E-state index is 15.5. The number of H-pyrrole nitrogens is 1. The molecule has 11 atom stereocenters. The lowest BCUT2D eigenvalue weighted by Gasteiger charge is -2.37. The summed E-state index contributed by atoms with van der Waals surface area (Å²) in [4.78, 5) is 243.